The molecule has 4 heterocycles. The summed E-state index contributed by atoms with van der Waals surface area (Å²) < 4.78 is 26.6. The zero-order chi connectivity index (χ0) is 32.2. The van der Waals surface area contributed by atoms with Crippen molar-refractivity contribution in [1.29, 1.82) is 0 Å². The third-order valence-corrected chi connectivity index (χ3v) is 12.6. The third kappa shape index (κ3) is 5.64. The second kappa shape index (κ2) is 12.3. The maximum absolute atomic E-state index is 13.7. The van der Waals surface area contributed by atoms with Crippen LogP contribution in [-0.4, -0.2) is 65.4 Å². The van der Waals surface area contributed by atoms with Crippen LogP contribution in [0.25, 0.3) is 11.0 Å². The average molecular weight is 681 g/mol. The number of amides is 1. The number of hydrogen-bond acceptors (Lipinski definition) is 5. The van der Waals surface area contributed by atoms with Gasteiger partial charge in [-0.3, -0.25) is 9.69 Å². The molecule has 0 radical (unpaired) electrons. The summed E-state index contributed by atoms with van der Waals surface area (Å²) in [4.78, 5) is 22.8. The molecule has 11 heteroatoms. The fraction of sp³-hybridized carbons (Fsp3) is 0.429. The topological polar surface area (TPSA) is 102 Å². The summed E-state index contributed by atoms with van der Waals surface area (Å²) >= 11 is 12.8. The molecule has 3 atom stereocenters. The first-order chi connectivity index (χ1) is 22.1. The van der Waals surface area contributed by atoms with Gasteiger partial charge in [-0.25, -0.2) is 18.5 Å². The highest BCUT2D eigenvalue weighted by atomic mass is 35.5. The zero-order valence-corrected chi connectivity index (χ0v) is 28.2. The number of aryl methyl sites for hydroxylation is 1. The second-order valence-corrected chi connectivity index (χ2v) is 15.5. The number of benzene rings is 3. The predicted octanol–water partition coefficient (Wildman–Crippen LogP) is 6.73. The van der Waals surface area contributed by atoms with E-state index in [9.17, 15) is 13.2 Å². The molecular formula is C35H39Cl2N5O3S. The minimum atomic E-state index is -4.11. The number of nitrogens with zero attached hydrogens (tertiary/aromatic N) is 4. The van der Waals surface area contributed by atoms with Gasteiger partial charge in [0.2, 0.25) is 10.0 Å². The van der Waals surface area contributed by atoms with E-state index >= 15 is 0 Å². The number of carbonyl (C=O) groups is 1. The van der Waals surface area contributed by atoms with Crippen LogP contribution in [0.4, 0.5) is 0 Å². The molecule has 4 aromatic rings. The number of primary sulfonamides is 1. The van der Waals surface area contributed by atoms with Crippen molar-refractivity contribution in [1.82, 2.24) is 19.4 Å². The predicted molar refractivity (Wildman–Crippen MR) is 182 cm³/mol. The summed E-state index contributed by atoms with van der Waals surface area (Å²) in [6.45, 7) is 4.18. The third-order valence-electron chi connectivity index (χ3n) is 10.8. The van der Waals surface area contributed by atoms with Crippen molar-refractivity contribution in [3.63, 3.8) is 0 Å². The zero-order valence-electron chi connectivity index (χ0n) is 25.9. The van der Waals surface area contributed by atoms with E-state index in [0.717, 1.165) is 50.0 Å². The molecule has 2 N–H and O–H groups in total. The van der Waals surface area contributed by atoms with Gasteiger partial charge in [0, 0.05) is 31.2 Å². The highest BCUT2D eigenvalue weighted by Gasteiger charge is 2.44. The van der Waals surface area contributed by atoms with Crippen LogP contribution in [0.15, 0.2) is 71.6 Å². The molecule has 3 aromatic carbocycles. The lowest BCUT2D eigenvalue weighted by molar-refractivity contribution is 0.0607. The molecule has 3 fully saturated rings. The molecule has 3 aliphatic heterocycles. The number of nitrogens with two attached hydrogens (primary N) is 1. The molecule has 46 heavy (non-hydrogen) atoms. The lowest BCUT2D eigenvalue weighted by Gasteiger charge is -2.45. The van der Waals surface area contributed by atoms with Crippen molar-refractivity contribution in [2.45, 2.75) is 80.3 Å². The van der Waals surface area contributed by atoms with Crippen molar-refractivity contribution in [2.75, 3.05) is 19.6 Å². The number of hydrogen-bond donors (Lipinski definition) is 1. The average Bonchev–Trinajstić information content (AvgIpc) is 3.50. The van der Waals surface area contributed by atoms with Crippen LogP contribution in [0, 0.1) is 6.92 Å². The summed E-state index contributed by atoms with van der Waals surface area (Å²) in [5.41, 5.74) is 3.52. The number of likely N-dealkylation sites (tertiary alicyclic amines) is 1. The Morgan fingerprint density at radius 1 is 0.935 bits per heavy atom. The molecule has 3 saturated heterocycles. The van der Waals surface area contributed by atoms with Crippen LogP contribution in [0.5, 0.6) is 0 Å². The SMILES string of the molecule is Cc1nc2ccccc2n1C1C[C@H]2CC[C@@H](C1)N2CCC1(c2ccccc2)CCN(C(=O)c2c(Cl)ccc(S(N)(=O)=O)c2Cl)CC1. The number of piperidine rings is 2. The summed E-state index contributed by atoms with van der Waals surface area (Å²) in [6, 6.07) is 23.3. The molecule has 2 bridgehead atoms. The van der Waals surface area contributed by atoms with E-state index in [1.54, 1.807) is 4.90 Å². The highest BCUT2D eigenvalue weighted by molar-refractivity contribution is 7.89. The van der Waals surface area contributed by atoms with Crippen LogP contribution in [-0.2, 0) is 15.4 Å². The van der Waals surface area contributed by atoms with E-state index in [1.807, 2.05) is 6.07 Å². The lowest BCUT2D eigenvalue weighted by Crippen LogP contribution is -2.49. The van der Waals surface area contributed by atoms with Gasteiger partial charge in [-0.2, -0.15) is 0 Å². The first-order valence-corrected chi connectivity index (χ1v) is 18.4. The number of carbonyl (C=O) groups excluding carboxylic acids is 1. The Morgan fingerprint density at radius 2 is 1.59 bits per heavy atom. The quantitative estimate of drug-likeness (QED) is 0.233. The fourth-order valence-electron chi connectivity index (χ4n) is 8.51. The van der Waals surface area contributed by atoms with Gasteiger partial charge in [-0.05, 0) is 93.7 Å². The molecule has 7 rings (SSSR count). The van der Waals surface area contributed by atoms with Gasteiger partial charge < -0.3 is 9.47 Å². The molecule has 0 aliphatic carbocycles. The van der Waals surface area contributed by atoms with Crippen LogP contribution in [0.2, 0.25) is 10.0 Å². The van der Waals surface area contributed by atoms with Crippen LogP contribution in [0.1, 0.15) is 72.7 Å². The number of halogens is 2. The largest absolute Gasteiger partial charge is 0.338 e. The second-order valence-electron chi connectivity index (χ2n) is 13.2. The normalized spacial score (nSPS) is 23.2. The van der Waals surface area contributed by atoms with Crippen LogP contribution < -0.4 is 5.14 Å². The summed E-state index contributed by atoms with van der Waals surface area (Å²) in [5, 5.41) is 5.23. The van der Waals surface area contributed by atoms with Crippen molar-refractivity contribution in [3.05, 3.63) is 93.7 Å². The first-order valence-electron chi connectivity index (χ1n) is 16.1. The standard InChI is InChI=1S/C35H39Cl2N5O3S/c1-23-39-29-9-5-6-10-30(29)42(23)27-21-25-11-12-26(22-27)41(25)20-17-35(24-7-3-2-4-8-24)15-18-40(19-16-35)34(43)32-28(36)13-14-31(33(32)37)46(38,44)45/h2-10,13-14,25-27H,11-12,15-22H2,1H3,(H2,38,44,45)/t25-,26+,27?. The molecule has 0 saturated carbocycles. The Balaban J connectivity index is 1.08. The Morgan fingerprint density at radius 3 is 2.26 bits per heavy atom. The minimum absolute atomic E-state index is 0.0116. The number of fused-ring (bicyclic) bond motifs is 3. The minimum Gasteiger partial charge on any atom is -0.338 e. The summed E-state index contributed by atoms with van der Waals surface area (Å²) in [6.07, 6.45) is 7.32. The molecule has 1 aromatic heterocycles. The van der Waals surface area contributed by atoms with Gasteiger partial charge in [-0.1, -0.05) is 65.7 Å². The maximum Gasteiger partial charge on any atom is 0.256 e. The number of imidazole rings is 1. The van der Waals surface area contributed by atoms with Crippen LogP contribution in [0.3, 0.4) is 0 Å². The van der Waals surface area contributed by atoms with E-state index in [4.69, 9.17) is 33.3 Å². The summed E-state index contributed by atoms with van der Waals surface area (Å²) in [7, 11) is -4.11. The number of aromatic nitrogens is 2. The molecule has 0 spiro atoms. The molecule has 1 unspecified atom stereocenters. The molecule has 3 aliphatic rings. The number of sulfonamides is 1. The van der Waals surface area contributed by atoms with Crippen LogP contribution >= 0.6 is 23.2 Å². The van der Waals surface area contributed by atoms with Crippen molar-refractivity contribution < 1.29 is 13.2 Å². The van der Waals surface area contributed by atoms with Crippen molar-refractivity contribution >= 4 is 50.2 Å². The highest BCUT2D eigenvalue weighted by Crippen LogP contribution is 2.45. The molecular weight excluding hydrogens is 641 g/mol. The van der Waals surface area contributed by atoms with Gasteiger partial charge in [-0.15, -0.1) is 0 Å². The monoisotopic (exact) mass is 679 g/mol. The van der Waals surface area contributed by atoms with Crippen molar-refractivity contribution in [3.8, 4) is 0 Å². The fourth-order valence-corrected chi connectivity index (χ4v) is 9.97. The molecule has 242 valence electrons. The van der Waals surface area contributed by atoms with Gasteiger partial charge in [0.1, 0.15) is 10.7 Å². The Labute approximate surface area is 280 Å². The van der Waals surface area contributed by atoms with E-state index in [2.05, 4.69) is 64.9 Å². The van der Waals surface area contributed by atoms with E-state index in [1.165, 1.54) is 36.1 Å². The van der Waals surface area contributed by atoms with Crippen molar-refractivity contribution in [2.24, 2.45) is 5.14 Å². The van der Waals surface area contributed by atoms with Gasteiger partial charge in [0.15, 0.2) is 0 Å². The van der Waals surface area contributed by atoms with Gasteiger partial charge in [0.05, 0.1) is 26.6 Å². The number of para-hydroxylation sites is 2. The lowest BCUT2D eigenvalue weighted by atomic mass is 9.70. The molecule has 8 nitrogen and oxygen atoms in total. The number of rotatable bonds is 7. The Hall–Kier alpha value is -2.95. The Kier molecular flexibility index (Phi) is 8.43. The first kappa shape index (κ1) is 31.6. The van der Waals surface area contributed by atoms with Gasteiger partial charge >= 0.3 is 0 Å². The van der Waals surface area contributed by atoms with E-state index in [0.29, 0.717) is 31.2 Å². The smallest absolute Gasteiger partial charge is 0.256 e. The molecule has 1 amide bonds. The Bertz CT molecular complexity index is 1870. The van der Waals surface area contributed by atoms with E-state index < -0.39 is 10.0 Å². The summed E-state index contributed by atoms with van der Waals surface area (Å²) in [5.74, 6) is 0.729. The van der Waals surface area contributed by atoms with E-state index in [-0.39, 0.29) is 31.8 Å². The maximum atomic E-state index is 13.7. The van der Waals surface area contributed by atoms with Gasteiger partial charge in [0.25, 0.3) is 5.91 Å².